The second-order valence-electron chi connectivity index (χ2n) is 6.64. The number of aryl methyl sites for hydroxylation is 2. The highest BCUT2D eigenvalue weighted by atomic mass is 32.1. The molecule has 0 aromatic carbocycles. The number of hydrogen-bond donors (Lipinski definition) is 2. The van der Waals surface area contributed by atoms with Crippen molar-refractivity contribution in [2.45, 2.75) is 60.3 Å². The van der Waals surface area contributed by atoms with E-state index in [-0.39, 0.29) is 5.41 Å². The predicted molar refractivity (Wildman–Crippen MR) is 96.0 cm³/mol. The van der Waals surface area contributed by atoms with E-state index in [1.54, 1.807) is 0 Å². The maximum Gasteiger partial charge on any atom is 0.136 e. The molecule has 0 radical (unpaired) electrons. The number of pyridine rings is 1. The van der Waals surface area contributed by atoms with E-state index >= 15 is 0 Å². The highest BCUT2D eigenvalue weighted by molar-refractivity contribution is 7.80. The van der Waals surface area contributed by atoms with E-state index in [1.165, 1.54) is 25.7 Å². The summed E-state index contributed by atoms with van der Waals surface area (Å²) < 4.78 is 0. The third-order valence-corrected chi connectivity index (χ3v) is 3.99. The Kier molecular flexibility index (Phi) is 6.59. The smallest absolute Gasteiger partial charge is 0.136 e. The molecule has 0 aliphatic heterocycles. The van der Waals surface area contributed by atoms with E-state index < -0.39 is 0 Å². The lowest BCUT2D eigenvalue weighted by atomic mass is 9.87. The summed E-state index contributed by atoms with van der Waals surface area (Å²) in [7, 11) is 0. The van der Waals surface area contributed by atoms with Gasteiger partial charge in [0.1, 0.15) is 10.8 Å². The fourth-order valence-corrected chi connectivity index (χ4v) is 2.80. The first kappa shape index (κ1) is 17.9. The maximum absolute atomic E-state index is 5.85. The quantitative estimate of drug-likeness (QED) is 0.554. The monoisotopic (exact) mass is 307 g/mol. The summed E-state index contributed by atoms with van der Waals surface area (Å²) in [6, 6.07) is 2.02. The van der Waals surface area contributed by atoms with Crippen molar-refractivity contribution in [2.75, 3.05) is 11.9 Å². The first-order chi connectivity index (χ1) is 9.76. The molecule has 1 aromatic rings. The zero-order valence-corrected chi connectivity index (χ0v) is 14.9. The average Bonchev–Trinajstić information content (AvgIpc) is 2.35. The van der Waals surface area contributed by atoms with Gasteiger partial charge in [0, 0.05) is 12.2 Å². The van der Waals surface area contributed by atoms with Crippen molar-refractivity contribution in [1.29, 1.82) is 0 Å². The van der Waals surface area contributed by atoms with Gasteiger partial charge in [0.2, 0.25) is 0 Å². The summed E-state index contributed by atoms with van der Waals surface area (Å²) in [5.74, 6) is 0.823. The minimum atomic E-state index is 0.238. The Morgan fingerprint density at radius 1 is 1.33 bits per heavy atom. The van der Waals surface area contributed by atoms with E-state index in [1.807, 2.05) is 19.9 Å². The van der Waals surface area contributed by atoms with E-state index in [4.69, 9.17) is 18.0 Å². The Hall–Kier alpha value is -1.16. The van der Waals surface area contributed by atoms with Gasteiger partial charge < -0.3 is 11.1 Å². The molecule has 0 unspecified atom stereocenters. The van der Waals surface area contributed by atoms with Gasteiger partial charge in [0.05, 0.1) is 5.56 Å². The van der Waals surface area contributed by atoms with Crippen molar-refractivity contribution in [1.82, 2.24) is 4.98 Å². The Labute approximate surface area is 134 Å². The van der Waals surface area contributed by atoms with E-state index in [0.29, 0.717) is 4.99 Å². The van der Waals surface area contributed by atoms with E-state index in [0.717, 1.165) is 29.2 Å². The Morgan fingerprint density at radius 3 is 2.57 bits per heavy atom. The lowest BCUT2D eigenvalue weighted by molar-refractivity contribution is 0.342. The van der Waals surface area contributed by atoms with Gasteiger partial charge in [-0.1, -0.05) is 52.3 Å². The van der Waals surface area contributed by atoms with Crippen LogP contribution in [0.4, 0.5) is 5.82 Å². The third kappa shape index (κ3) is 5.62. The Morgan fingerprint density at radius 2 is 2.00 bits per heavy atom. The molecule has 1 rings (SSSR count). The van der Waals surface area contributed by atoms with E-state index in [2.05, 4.69) is 31.1 Å². The topological polar surface area (TPSA) is 50.9 Å². The molecule has 0 bridgehead atoms. The lowest BCUT2D eigenvalue weighted by Crippen LogP contribution is -2.25. The first-order valence-electron chi connectivity index (χ1n) is 7.79. The zero-order valence-electron chi connectivity index (χ0n) is 14.0. The summed E-state index contributed by atoms with van der Waals surface area (Å²) >= 11 is 5.17. The maximum atomic E-state index is 5.85. The number of aromatic nitrogens is 1. The predicted octanol–water partition coefficient (Wildman–Crippen LogP) is 4.35. The molecule has 0 aliphatic rings. The molecule has 0 fully saturated rings. The summed E-state index contributed by atoms with van der Waals surface area (Å²) in [6.45, 7) is 11.7. The first-order valence-corrected chi connectivity index (χ1v) is 8.19. The largest absolute Gasteiger partial charge is 0.389 e. The molecule has 4 heteroatoms. The molecule has 1 aromatic heterocycles. The fourth-order valence-electron chi connectivity index (χ4n) is 2.54. The number of nitrogens with two attached hydrogens (primary N) is 1. The molecule has 21 heavy (non-hydrogen) atoms. The van der Waals surface area contributed by atoms with Gasteiger partial charge in [-0.05, 0) is 37.3 Å². The van der Waals surface area contributed by atoms with Gasteiger partial charge in [-0.2, -0.15) is 0 Å². The summed E-state index contributed by atoms with van der Waals surface area (Å²) in [5.41, 5.74) is 9.04. The van der Waals surface area contributed by atoms with Crippen molar-refractivity contribution in [3.63, 3.8) is 0 Å². The van der Waals surface area contributed by atoms with Gasteiger partial charge >= 0.3 is 0 Å². The minimum absolute atomic E-state index is 0.238. The molecule has 3 nitrogen and oxygen atoms in total. The van der Waals surface area contributed by atoms with Crippen LogP contribution in [-0.4, -0.2) is 16.5 Å². The van der Waals surface area contributed by atoms with Crippen LogP contribution in [0, 0.1) is 19.3 Å². The van der Waals surface area contributed by atoms with Gasteiger partial charge in [0.25, 0.3) is 0 Å². The molecule has 0 saturated carbocycles. The normalized spacial score (nSPS) is 11.5. The number of anilines is 1. The van der Waals surface area contributed by atoms with Crippen molar-refractivity contribution in [3.05, 3.63) is 22.9 Å². The standard InChI is InChI=1S/C17H29N3S/c1-6-7-8-9-17(4,5)11-19-16-14(15(18)21)12(2)10-13(3)20-16/h10H,6-9,11H2,1-5H3,(H2,18,21)(H,19,20). The van der Waals surface area contributed by atoms with Crippen LogP contribution in [0.3, 0.4) is 0 Å². The van der Waals surface area contributed by atoms with Crippen LogP contribution in [0.15, 0.2) is 6.07 Å². The zero-order chi connectivity index (χ0) is 16.0. The van der Waals surface area contributed by atoms with Crippen LogP contribution in [-0.2, 0) is 0 Å². The van der Waals surface area contributed by atoms with Gasteiger partial charge in [-0.15, -0.1) is 0 Å². The fraction of sp³-hybridized carbons (Fsp3) is 0.647. The van der Waals surface area contributed by atoms with Crippen LogP contribution < -0.4 is 11.1 Å². The Bertz CT molecular complexity index is 495. The lowest BCUT2D eigenvalue weighted by Gasteiger charge is -2.26. The SMILES string of the molecule is CCCCCC(C)(C)CNc1nc(C)cc(C)c1C(N)=S. The van der Waals surface area contributed by atoms with Gasteiger partial charge in [-0.3, -0.25) is 0 Å². The van der Waals surface area contributed by atoms with Crippen LogP contribution in [0.25, 0.3) is 0 Å². The molecule has 0 atom stereocenters. The van der Waals surface area contributed by atoms with Crippen molar-refractivity contribution < 1.29 is 0 Å². The summed E-state index contributed by atoms with van der Waals surface area (Å²) in [6.07, 6.45) is 5.03. The third-order valence-electron chi connectivity index (χ3n) is 3.78. The highest BCUT2D eigenvalue weighted by Gasteiger charge is 2.19. The molecule has 0 amide bonds. The molecule has 1 heterocycles. The summed E-state index contributed by atoms with van der Waals surface area (Å²) in [4.78, 5) is 4.98. The van der Waals surface area contributed by atoms with Crippen molar-refractivity contribution >= 4 is 23.0 Å². The van der Waals surface area contributed by atoms with E-state index in [9.17, 15) is 0 Å². The number of hydrogen-bond acceptors (Lipinski definition) is 3. The summed E-state index contributed by atoms with van der Waals surface area (Å²) in [5, 5.41) is 3.46. The molecular weight excluding hydrogens is 278 g/mol. The number of rotatable bonds is 8. The van der Waals surface area contributed by atoms with Crippen molar-refractivity contribution in [3.8, 4) is 0 Å². The Balaban J connectivity index is 2.81. The van der Waals surface area contributed by atoms with Crippen LogP contribution >= 0.6 is 12.2 Å². The van der Waals surface area contributed by atoms with Gasteiger partial charge in [-0.25, -0.2) is 4.98 Å². The number of thiocarbonyl (C=S) groups is 1. The van der Waals surface area contributed by atoms with Crippen LogP contribution in [0.1, 0.15) is 63.3 Å². The highest BCUT2D eigenvalue weighted by Crippen LogP contribution is 2.26. The average molecular weight is 308 g/mol. The second-order valence-corrected chi connectivity index (χ2v) is 7.08. The second kappa shape index (κ2) is 7.74. The van der Waals surface area contributed by atoms with Crippen molar-refractivity contribution in [2.24, 2.45) is 11.1 Å². The number of nitrogens with zero attached hydrogens (tertiary/aromatic N) is 1. The molecule has 0 aliphatic carbocycles. The minimum Gasteiger partial charge on any atom is -0.389 e. The van der Waals surface area contributed by atoms with Gasteiger partial charge in [0.15, 0.2) is 0 Å². The molecular formula is C17H29N3S. The molecule has 118 valence electrons. The van der Waals surface area contributed by atoms with Crippen LogP contribution in [0.5, 0.6) is 0 Å². The van der Waals surface area contributed by atoms with Crippen LogP contribution in [0.2, 0.25) is 0 Å². The number of nitrogens with one attached hydrogen (secondary N) is 1. The molecule has 3 N–H and O–H groups in total. The molecule has 0 spiro atoms. The number of unbranched alkanes of at least 4 members (excludes halogenated alkanes) is 2. The molecule has 0 saturated heterocycles.